The summed E-state index contributed by atoms with van der Waals surface area (Å²) >= 11 is 1.19. The molecule has 1 aliphatic heterocycles. The molecule has 0 radical (unpaired) electrons. The van der Waals surface area contributed by atoms with Crippen molar-refractivity contribution >= 4 is 57.7 Å². The minimum atomic E-state index is -1.08. The first-order valence-corrected chi connectivity index (χ1v) is 17.8. The van der Waals surface area contributed by atoms with Crippen LogP contribution in [0.1, 0.15) is 64.8 Å². The highest BCUT2D eigenvalue weighted by molar-refractivity contribution is 7.09. The third-order valence-electron chi connectivity index (χ3n) is 8.66. The van der Waals surface area contributed by atoms with Crippen molar-refractivity contribution in [1.82, 2.24) is 45.8 Å². The summed E-state index contributed by atoms with van der Waals surface area (Å²) in [6.45, 7) is 4.73. The van der Waals surface area contributed by atoms with Gasteiger partial charge in [0, 0.05) is 62.2 Å². The van der Waals surface area contributed by atoms with Gasteiger partial charge >= 0.3 is 0 Å². The third kappa shape index (κ3) is 9.20. The minimum absolute atomic E-state index is 0.0103. The van der Waals surface area contributed by atoms with Crippen molar-refractivity contribution in [2.45, 2.75) is 51.7 Å². The number of aromatic nitrogens is 3. The van der Waals surface area contributed by atoms with Crippen LogP contribution in [0.25, 0.3) is 10.9 Å². The monoisotopic (exact) mass is 733 g/mol. The van der Waals surface area contributed by atoms with Crippen LogP contribution in [-0.2, 0) is 25.6 Å². The Morgan fingerprint density at radius 2 is 1.69 bits per heavy atom. The fraction of sp³-hybridized carbons (Fsp3) is 0.429. The number of benzene rings is 1. The Hall–Kier alpha value is -5.58. The van der Waals surface area contributed by atoms with E-state index in [2.05, 4.69) is 31.1 Å². The van der Waals surface area contributed by atoms with E-state index in [-0.39, 0.29) is 49.9 Å². The number of rotatable bonds is 5. The van der Waals surface area contributed by atoms with Crippen molar-refractivity contribution < 1.29 is 33.3 Å². The molecule has 276 valence electrons. The Labute approximate surface area is 304 Å². The van der Waals surface area contributed by atoms with Crippen LogP contribution in [0.2, 0.25) is 0 Å². The molecule has 0 saturated carbocycles. The molecule has 4 heterocycles. The fourth-order valence-corrected chi connectivity index (χ4v) is 6.83. The third-order valence-corrected chi connectivity index (χ3v) is 9.62. The van der Waals surface area contributed by atoms with Gasteiger partial charge in [0.15, 0.2) is 5.69 Å². The van der Waals surface area contributed by atoms with Gasteiger partial charge in [-0.05, 0) is 30.9 Å². The highest BCUT2D eigenvalue weighted by Crippen LogP contribution is 2.25. The Morgan fingerprint density at radius 1 is 0.942 bits per heavy atom. The molecule has 1 aromatic carbocycles. The lowest BCUT2D eigenvalue weighted by molar-refractivity contribution is -0.138. The number of thiazole rings is 1. The fourth-order valence-electron chi connectivity index (χ4n) is 5.97. The number of H-pyrrole nitrogens is 1. The number of aromatic amines is 1. The molecule has 0 fully saturated rings. The molecule has 6 amide bonds. The number of amides is 6. The number of carbonyl (C=O) groups excluding carboxylic acids is 6. The van der Waals surface area contributed by atoms with Crippen molar-refractivity contribution in [3.8, 4) is 0 Å². The molecule has 3 atom stereocenters. The summed E-state index contributed by atoms with van der Waals surface area (Å²) < 4.78 is 4.84. The summed E-state index contributed by atoms with van der Waals surface area (Å²) in [5.74, 6) is -3.11. The van der Waals surface area contributed by atoms with Gasteiger partial charge in [0.2, 0.25) is 23.6 Å². The van der Waals surface area contributed by atoms with Crippen LogP contribution in [0, 0.1) is 5.92 Å². The molecule has 0 spiro atoms. The van der Waals surface area contributed by atoms with Gasteiger partial charge in [-0.25, -0.2) is 4.98 Å². The first-order chi connectivity index (χ1) is 24.8. The molecule has 4 N–H and O–H groups in total. The molecule has 4 aromatic rings. The Balaban J connectivity index is 1.46. The number of nitrogens with one attached hydrogen (secondary N) is 4. The Morgan fingerprint density at radius 3 is 2.42 bits per heavy atom. The number of hydrogen-bond donors (Lipinski definition) is 4. The maximum absolute atomic E-state index is 13.9. The van der Waals surface area contributed by atoms with Crippen molar-refractivity contribution in [3.63, 3.8) is 0 Å². The number of fused-ring (bicyclic) bond motifs is 3. The number of para-hydroxylation sites is 1. The topological polar surface area (TPSA) is 203 Å². The molecule has 16 nitrogen and oxygen atoms in total. The molecule has 52 heavy (non-hydrogen) atoms. The highest BCUT2D eigenvalue weighted by Gasteiger charge is 2.31. The van der Waals surface area contributed by atoms with E-state index in [0.717, 1.165) is 16.5 Å². The molecular weight excluding hydrogens is 691 g/mol. The van der Waals surface area contributed by atoms with Crippen LogP contribution in [0.15, 0.2) is 52.7 Å². The molecule has 0 unspecified atom stereocenters. The van der Waals surface area contributed by atoms with Crippen LogP contribution in [-0.4, -0.2) is 118 Å². The summed E-state index contributed by atoms with van der Waals surface area (Å²) in [4.78, 5) is 92.4. The van der Waals surface area contributed by atoms with E-state index in [9.17, 15) is 28.8 Å². The standard InChI is InChI=1S/C35H43N9O7S/c1-20(2)14-26-32-40-28(19-52-32)31(47)39-27(15-22-16-36-24-9-7-6-8-23(22)24)34(49)43(5)17-29(45)37-21(3)33(48)42(4)11-12-44(18-30(46)38-26)35(50)25-10-13-51-41-25/h6-10,13,16,19-21,26-27,36H,11-12,14-15,17-18H2,1-5H3,(H,37,45)(H,38,46)(H,39,47)/t21-,26-,27+/m0/s1. The van der Waals surface area contributed by atoms with E-state index in [1.54, 1.807) is 11.6 Å². The van der Waals surface area contributed by atoms with Gasteiger partial charge in [-0.1, -0.05) is 37.2 Å². The van der Waals surface area contributed by atoms with Crippen molar-refractivity contribution in [2.75, 3.05) is 40.3 Å². The molecular formula is C35H43N9O7S. The largest absolute Gasteiger partial charge is 0.364 e. The zero-order valence-corrected chi connectivity index (χ0v) is 30.5. The second kappa shape index (κ2) is 16.6. The number of carbonyl (C=O) groups is 6. The summed E-state index contributed by atoms with van der Waals surface area (Å²) in [5.41, 5.74) is 1.70. The summed E-state index contributed by atoms with van der Waals surface area (Å²) in [6, 6.07) is 6.31. The van der Waals surface area contributed by atoms with Crippen LogP contribution in [0.4, 0.5) is 0 Å². The lowest BCUT2D eigenvalue weighted by atomic mass is 10.0. The van der Waals surface area contributed by atoms with E-state index in [1.165, 1.54) is 59.4 Å². The van der Waals surface area contributed by atoms with E-state index < -0.39 is 53.6 Å². The number of nitrogens with zero attached hydrogens (tertiary/aromatic N) is 5. The SMILES string of the molecule is CC(C)C[C@@H]1NC(=O)CN(C(=O)c2ccon2)CCN(C)C(=O)[C@H](C)NC(=O)CN(C)C(=O)[C@@H](Cc2c[nH]c3ccccc23)NC(=O)c2csc1n2. The maximum Gasteiger partial charge on any atom is 0.276 e. The van der Waals surface area contributed by atoms with Gasteiger partial charge in [0.1, 0.15) is 29.0 Å². The van der Waals surface area contributed by atoms with Crippen molar-refractivity contribution in [1.29, 1.82) is 0 Å². The average Bonchev–Trinajstić information content (AvgIpc) is 3.90. The number of hydrogen-bond acceptors (Lipinski definition) is 10. The van der Waals surface area contributed by atoms with Gasteiger partial charge in [0.25, 0.3) is 11.8 Å². The van der Waals surface area contributed by atoms with Gasteiger partial charge in [-0.15, -0.1) is 11.3 Å². The minimum Gasteiger partial charge on any atom is -0.364 e. The smallest absolute Gasteiger partial charge is 0.276 e. The lowest BCUT2D eigenvalue weighted by Gasteiger charge is -2.28. The Bertz CT molecular complexity index is 1920. The van der Waals surface area contributed by atoms with Crippen LogP contribution in [0.5, 0.6) is 0 Å². The van der Waals surface area contributed by atoms with E-state index in [1.807, 2.05) is 38.1 Å². The number of likely N-dealkylation sites (N-methyl/N-ethyl adjacent to an activating group) is 2. The van der Waals surface area contributed by atoms with E-state index in [4.69, 9.17) is 4.52 Å². The van der Waals surface area contributed by atoms with Crippen LogP contribution >= 0.6 is 11.3 Å². The zero-order chi connectivity index (χ0) is 37.5. The summed E-state index contributed by atoms with van der Waals surface area (Å²) in [6.07, 6.45) is 3.63. The highest BCUT2D eigenvalue weighted by atomic mass is 32.1. The molecule has 5 rings (SSSR count). The quantitative estimate of drug-likeness (QED) is 0.236. The molecule has 2 bridgehead atoms. The maximum atomic E-state index is 13.9. The molecule has 1 aliphatic rings. The van der Waals surface area contributed by atoms with Gasteiger partial charge in [-0.2, -0.15) is 0 Å². The van der Waals surface area contributed by atoms with Crippen LogP contribution < -0.4 is 16.0 Å². The van der Waals surface area contributed by atoms with Crippen LogP contribution in [0.3, 0.4) is 0 Å². The predicted octanol–water partition coefficient (Wildman–Crippen LogP) is 1.73. The molecule has 17 heteroatoms. The Kier molecular flexibility index (Phi) is 12.0. The summed E-state index contributed by atoms with van der Waals surface area (Å²) in [7, 11) is 2.97. The molecule has 3 aromatic heterocycles. The van der Waals surface area contributed by atoms with Crippen molar-refractivity contribution in [3.05, 3.63) is 70.1 Å². The molecule has 0 aliphatic carbocycles. The van der Waals surface area contributed by atoms with Gasteiger partial charge < -0.3 is 40.2 Å². The van der Waals surface area contributed by atoms with Crippen molar-refractivity contribution in [2.24, 2.45) is 5.92 Å². The average molecular weight is 734 g/mol. The predicted molar refractivity (Wildman–Crippen MR) is 191 cm³/mol. The summed E-state index contributed by atoms with van der Waals surface area (Å²) in [5, 5.41) is 15.0. The van der Waals surface area contributed by atoms with E-state index in [0.29, 0.717) is 11.4 Å². The lowest BCUT2D eigenvalue weighted by Crippen LogP contribution is -2.53. The first-order valence-electron chi connectivity index (χ1n) is 16.9. The first kappa shape index (κ1) is 37.7. The molecule has 0 saturated heterocycles. The van der Waals surface area contributed by atoms with E-state index >= 15 is 0 Å². The second-order valence-electron chi connectivity index (χ2n) is 13.3. The second-order valence-corrected chi connectivity index (χ2v) is 14.2. The van der Waals surface area contributed by atoms with Gasteiger partial charge in [-0.3, -0.25) is 28.8 Å². The zero-order valence-electron chi connectivity index (χ0n) is 29.7. The van der Waals surface area contributed by atoms with Gasteiger partial charge in [0.05, 0.1) is 19.1 Å². The normalized spacial score (nSPS) is 20.5.